The van der Waals surface area contributed by atoms with E-state index in [2.05, 4.69) is 32.6 Å². The average Bonchev–Trinajstić information content (AvgIpc) is 1.94. The smallest absolute Gasteiger partial charge is 0 e. The number of rotatable bonds is 3. The summed E-state index contributed by atoms with van der Waals surface area (Å²) in [5.41, 5.74) is 0. The van der Waals surface area contributed by atoms with Crippen LogP contribution in [0.2, 0.25) is 0 Å². The number of nitrogens with zero attached hydrogens (tertiary/aromatic N) is 1. The Balaban J connectivity index is -0.000000196. The minimum atomic E-state index is 0. The molecule has 0 aromatic rings. The second-order valence-corrected chi connectivity index (χ2v) is 2.13. The molecule has 1 nitrogen and oxygen atoms in total. The van der Waals surface area contributed by atoms with Gasteiger partial charge in [0, 0.05) is 32.7 Å². The van der Waals surface area contributed by atoms with Crippen molar-refractivity contribution in [2.24, 2.45) is 0 Å². The maximum atomic E-state index is 3.76. The molecular formula is C9H21NY-2. The summed E-state index contributed by atoms with van der Waals surface area (Å²) in [7, 11) is 0. The van der Waals surface area contributed by atoms with Gasteiger partial charge in [-0.15, -0.1) is 13.1 Å². The van der Waals surface area contributed by atoms with Crippen molar-refractivity contribution in [3.8, 4) is 0 Å². The predicted octanol–water partition coefficient (Wildman–Crippen LogP) is 2.39. The van der Waals surface area contributed by atoms with Crippen molar-refractivity contribution >= 4 is 0 Å². The Labute approximate surface area is 97.8 Å². The van der Waals surface area contributed by atoms with Crippen LogP contribution < -0.4 is 0 Å². The second kappa shape index (κ2) is 13.6. The molecule has 67 valence electrons. The van der Waals surface area contributed by atoms with Crippen molar-refractivity contribution in [3.05, 3.63) is 13.8 Å². The third-order valence-electron chi connectivity index (χ3n) is 1.30. The Hall–Kier alpha value is 1.06. The Morgan fingerprint density at radius 1 is 1.09 bits per heavy atom. The van der Waals surface area contributed by atoms with Gasteiger partial charge >= 0.3 is 0 Å². The van der Waals surface area contributed by atoms with Crippen LogP contribution in [0.4, 0.5) is 0 Å². The van der Waals surface area contributed by atoms with Gasteiger partial charge in [0.15, 0.2) is 0 Å². The van der Waals surface area contributed by atoms with E-state index in [1.807, 2.05) is 13.8 Å². The zero-order chi connectivity index (χ0) is 8.57. The standard InChI is InChI=1S/C7H15N.C2H6.Y/c1-5-8(6-2)7(3)4;1-2;/h7H,1-2,5-6H2,3-4H3;1-2H3;/q-2;;. The zero-order valence-corrected chi connectivity index (χ0v) is 11.3. The normalized spacial score (nSPS) is 8.73. The van der Waals surface area contributed by atoms with Crippen molar-refractivity contribution in [3.63, 3.8) is 0 Å². The Kier molecular flexibility index (Phi) is 22.3. The summed E-state index contributed by atoms with van der Waals surface area (Å²) in [5, 5.41) is 0. The van der Waals surface area contributed by atoms with Crippen LogP contribution in [0, 0.1) is 13.8 Å². The van der Waals surface area contributed by atoms with Crippen LogP contribution >= 0.6 is 0 Å². The van der Waals surface area contributed by atoms with Gasteiger partial charge in [-0.25, -0.2) is 0 Å². The summed E-state index contributed by atoms with van der Waals surface area (Å²) < 4.78 is 0. The molecule has 0 amide bonds. The number of hydrogen-bond donors (Lipinski definition) is 0. The largest absolute Gasteiger partial charge is 0.360 e. The first-order chi connectivity index (χ1) is 4.72. The van der Waals surface area contributed by atoms with Crippen molar-refractivity contribution in [1.82, 2.24) is 4.90 Å². The fraction of sp³-hybridized carbons (Fsp3) is 0.778. The molecule has 0 N–H and O–H groups in total. The molecule has 0 aliphatic carbocycles. The summed E-state index contributed by atoms with van der Waals surface area (Å²) >= 11 is 0. The van der Waals surface area contributed by atoms with Crippen molar-refractivity contribution < 1.29 is 32.7 Å². The van der Waals surface area contributed by atoms with Crippen LogP contribution in [0.5, 0.6) is 0 Å². The Morgan fingerprint density at radius 3 is 1.36 bits per heavy atom. The molecule has 0 saturated heterocycles. The van der Waals surface area contributed by atoms with Gasteiger partial charge in [0.1, 0.15) is 0 Å². The van der Waals surface area contributed by atoms with Gasteiger partial charge in [-0.1, -0.05) is 27.7 Å². The summed E-state index contributed by atoms with van der Waals surface area (Å²) in [5.74, 6) is 0. The molecule has 0 aliphatic rings. The third-order valence-corrected chi connectivity index (χ3v) is 1.30. The topological polar surface area (TPSA) is 3.24 Å². The van der Waals surface area contributed by atoms with Gasteiger partial charge in [0.25, 0.3) is 0 Å². The quantitative estimate of drug-likeness (QED) is 0.675. The van der Waals surface area contributed by atoms with Crippen LogP contribution in [-0.4, -0.2) is 24.0 Å². The van der Waals surface area contributed by atoms with Crippen LogP contribution in [0.3, 0.4) is 0 Å². The van der Waals surface area contributed by atoms with Crippen LogP contribution in [0.25, 0.3) is 0 Å². The van der Waals surface area contributed by atoms with E-state index in [1.54, 1.807) is 0 Å². The molecule has 0 atom stereocenters. The van der Waals surface area contributed by atoms with Crippen molar-refractivity contribution in [1.29, 1.82) is 0 Å². The molecule has 0 fully saturated rings. The maximum absolute atomic E-state index is 3.76. The molecule has 0 aromatic carbocycles. The van der Waals surface area contributed by atoms with Gasteiger partial charge in [-0.2, -0.15) is 0 Å². The maximum Gasteiger partial charge on any atom is 0 e. The van der Waals surface area contributed by atoms with E-state index in [-0.39, 0.29) is 32.7 Å². The predicted molar refractivity (Wildman–Crippen MR) is 48.8 cm³/mol. The first-order valence-electron chi connectivity index (χ1n) is 4.05. The zero-order valence-electron chi connectivity index (χ0n) is 8.43. The molecule has 2 heteroatoms. The van der Waals surface area contributed by atoms with Crippen LogP contribution in [0.1, 0.15) is 27.7 Å². The molecule has 0 spiro atoms. The monoisotopic (exact) mass is 232 g/mol. The SMILES string of the molecule is CC.[CH2-]CN(C[CH2-])C(C)C.[Y]. The van der Waals surface area contributed by atoms with Gasteiger partial charge in [0.2, 0.25) is 0 Å². The summed E-state index contributed by atoms with van der Waals surface area (Å²) in [6.07, 6.45) is 0. The molecule has 1 radical (unpaired) electrons. The minimum Gasteiger partial charge on any atom is -0.360 e. The molecule has 0 saturated carbocycles. The number of hydrogen-bond acceptors (Lipinski definition) is 1. The van der Waals surface area contributed by atoms with Crippen molar-refractivity contribution in [2.75, 3.05) is 13.1 Å². The van der Waals surface area contributed by atoms with E-state index in [0.717, 1.165) is 13.1 Å². The molecule has 0 unspecified atom stereocenters. The Morgan fingerprint density at radius 2 is 1.36 bits per heavy atom. The first kappa shape index (κ1) is 18.0. The Bertz CT molecular complexity index is 51.5. The van der Waals surface area contributed by atoms with Crippen LogP contribution in [0.15, 0.2) is 0 Å². The van der Waals surface area contributed by atoms with E-state index in [0.29, 0.717) is 6.04 Å². The second-order valence-electron chi connectivity index (χ2n) is 2.13. The molecular weight excluding hydrogens is 211 g/mol. The van der Waals surface area contributed by atoms with Crippen LogP contribution in [-0.2, 0) is 32.7 Å². The summed E-state index contributed by atoms with van der Waals surface area (Å²) in [6, 6.07) is 0.588. The molecule has 11 heavy (non-hydrogen) atoms. The first-order valence-corrected chi connectivity index (χ1v) is 4.05. The molecule has 0 rings (SSSR count). The molecule has 0 aromatic heterocycles. The average molecular weight is 232 g/mol. The third kappa shape index (κ3) is 11.1. The van der Waals surface area contributed by atoms with E-state index in [4.69, 9.17) is 0 Å². The minimum absolute atomic E-state index is 0. The van der Waals surface area contributed by atoms with Crippen molar-refractivity contribution in [2.45, 2.75) is 33.7 Å². The van der Waals surface area contributed by atoms with Gasteiger partial charge in [0.05, 0.1) is 0 Å². The fourth-order valence-corrected chi connectivity index (χ4v) is 0.628. The summed E-state index contributed by atoms with van der Waals surface area (Å²) in [4.78, 5) is 2.19. The van der Waals surface area contributed by atoms with Gasteiger partial charge < -0.3 is 18.7 Å². The molecule has 0 heterocycles. The molecule has 0 aliphatic heterocycles. The fourth-order valence-electron chi connectivity index (χ4n) is 0.628. The summed E-state index contributed by atoms with van der Waals surface area (Å²) in [6.45, 7) is 17.6. The van der Waals surface area contributed by atoms with Gasteiger partial charge in [-0.3, -0.25) is 0 Å². The van der Waals surface area contributed by atoms with E-state index < -0.39 is 0 Å². The van der Waals surface area contributed by atoms with E-state index >= 15 is 0 Å². The van der Waals surface area contributed by atoms with E-state index in [9.17, 15) is 0 Å². The van der Waals surface area contributed by atoms with Gasteiger partial charge in [-0.05, 0) is 6.04 Å². The van der Waals surface area contributed by atoms with E-state index in [1.165, 1.54) is 0 Å². The molecule has 0 bridgehead atoms.